The maximum absolute atomic E-state index is 12.6. The molecule has 0 spiro atoms. The quantitative estimate of drug-likeness (QED) is 0.421. The molecule has 31 heavy (non-hydrogen) atoms. The monoisotopic (exact) mass is 423 g/mol. The van der Waals surface area contributed by atoms with Crippen LogP contribution in [0.2, 0.25) is 0 Å². The van der Waals surface area contributed by atoms with Gasteiger partial charge in [-0.05, 0) is 24.1 Å². The molecule has 2 aromatic carbocycles. The van der Waals surface area contributed by atoms with Crippen molar-refractivity contribution in [2.24, 2.45) is 0 Å². The minimum atomic E-state index is -0.745. The normalized spacial score (nSPS) is 14.2. The summed E-state index contributed by atoms with van der Waals surface area (Å²) in [4.78, 5) is 41.3. The smallest absolute Gasteiger partial charge is 0.340 e. The van der Waals surface area contributed by atoms with Gasteiger partial charge in [-0.1, -0.05) is 55.8 Å². The molecule has 0 aromatic heterocycles. The number of ether oxygens (including phenoxy) is 1. The molecule has 0 saturated carbocycles. The summed E-state index contributed by atoms with van der Waals surface area (Å²) < 4.78 is 5.24. The van der Waals surface area contributed by atoms with Crippen LogP contribution in [0.25, 0.3) is 0 Å². The molecule has 1 aliphatic rings. The third kappa shape index (κ3) is 6.39. The van der Waals surface area contributed by atoms with Crippen LogP contribution in [-0.4, -0.2) is 60.4 Å². The van der Waals surface area contributed by atoms with Crippen molar-refractivity contribution >= 4 is 23.5 Å². The number of para-hydroxylation sites is 1. The van der Waals surface area contributed by atoms with Crippen LogP contribution in [0.1, 0.15) is 35.7 Å². The Morgan fingerprint density at radius 2 is 1.61 bits per heavy atom. The van der Waals surface area contributed by atoms with Crippen molar-refractivity contribution in [3.8, 4) is 0 Å². The zero-order chi connectivity index (χ0) is 22.1. The zero-order valence-electron chi connectivity index (χ0n) is 17.9. The molecule has 1 fully saturated rings. The third-order valence-corrected chi connectivity index (χ3v) is 5.23. The van der Waals surface area contributed by atoms with Crippen LogP contribution in [0.3, 0.4) is 0 Å². The predicted octanol–water partition coefficient (Wildman–Crippen LogP) is 2.93. The van der Waals surface area contributed by atoms with E-state index in [0.29, 0.717) is 32.8 Å². The van der Waals surface area contributed by atoms with Gasteiger partial charge in [0, 0.05) is 32.7 Å². The van der Waals surface area contributed by atoms with Crippen molar-refractivity contribution in [2.75, 3.05) is 38.1 Å². The number of unbranched alkanes of at least 4 members (excludes halogenated alkanes) is 1. The summed E-state index contributed by atoms with van der Waals surface area (Å²) in [7, 11) is 0. The Morgan fingerprint density at radius 3 is 2.32 bits per heavy atom. The Bertz CT molecular complexity index is 893. The zero-order valence-corrected chi connectivity index (χ0v) is 17.9. The number of benzene rings is 2. The lowest BCUT2D eigenvalue weighted by Crippen LogP contribution is -2.51. The van der Waals surface area contributed by atoms with Crippen molar-refractivity contribution in [2.45, 2.75) is 26.3 Å². The van der Waals surface area contributed by atoms with Crippen molar-refractivity contribution < 1.29 is 19.1 Å². The molecule has 1 aliphatic heterocycles. The van der Waals surface area contributed by atoms with Crippen LogP contribution in [0.4, 0.5) is 5.69 Å². The SMILES string of the molecule is CCCCOC(=O)c1ccccc1NC(=O)C(=O)N1CCN(Cc2ccccc2)CC1. The van der Waals surface area contributed by atoms with Crippen LogP contribution in [0.15, 0.2) is 54.6 Å². The van der Waals surface area contributed by atoms with E-state index in [9.17, 15) is 14.4 Å². The van der Waals surface area contributed by atoms with E-state index in [4.69, 9.17) is 4.74 Å². The number of hydrogen-bond acceptors (Lipinski definition) is 5. The van der Waals surface area contributed by atoms with Gasteiger partial charge in [-0.2, -0.15) is 0 Å². The van der Waals surface area contributed by atoms with Gasteiger partial charge in [0.05, 0.1) is 17.9 Å². The Kier molecular flexibility index (Phi) is 8.18. The van der Waals surface area contributed by atoms with Crippen LogP contribution in [0.5, 0.6) is 0 Å². The number of nitrogens with one attached hydrogen (secondary N) is 1. The molecule has 7 heteroatoms. The average molecular weight is 424 g/mol. The summed E-state index contributed by atoms with van der Waals surface area (Å²) in [6.45, 7) is 5.53. The molecule has 1 saturated heterocycles. The molecule has 1 heterocycles. The number of rotatable bonds is 7. The summed E-state index contributed by atoms with van der Waals surface area (Å²) in [5.41, 5.74) is 1.75. The molecule has 164 valence electrons. The Hall–Kier alpha value is -3.19. The van der Waals surface area contributed by atoms with Crippen molar-refractivity contribution in [1.29, 1.82) is 0 Å². The van der Waals surface area contributed by atoms with E-state index < -0.39 is 17.8 Å². The van der Waals surface area contributed by atoms with Crippen molar-refractivity contribution in [1.82, 2.24) is 9.80 Å². The van der Waals surface area contributed by atoms with Crippen molar-refractivity contribution in [3.63, 3.8) is 0 Å². The van der Waals surface area contributed by atoms with Crippen LogP contribution in [-0.2, 0) is 20.9 Å². The van der Waals surface area contributed by atoms with Crippen LogP contribution >= 0.6 is 0 Å². The Balaban J connectivity index is 1.53. The molecule has 1 N–H and O–H groups in total. The van der Waals surface area contributed by atoms with Crippen LogP contribution in [0, 0.1) is 0 Å². The van der Waals surface area contributed by atoms with Gasteiger partial charge in [0.25, 0.3) is 0 Å². The average Bonchev–Trinajstić information content (AvgIpc) is 2.80. The first-order valence-electron chi connectivity index (χ1n) is 10.7. The van der Waals surface area contributed by atoms with E-state index >= 15 is 0 Å². The van der Waals surface area contributed by atoms with Gasteiger partial charge < -0.3 is 15.0 Å². The fraction of sp³-hybridized carbons (Fsp3) is 0.375. The van der Waals surface area contributed by atoms with E-state index in [2.05, 4.69) is 22.3 Å². The fourth-order valence-corrected chi connectivity index (χ4v) is 3.43. The highest BCUT2D eigenvalue weighted by molar-refractivity contribution is 6.39. The van der Waals surface area contributed by atoms with Gasteiger partial charge in [0.1, 0.15) is 0 Å². The lowest BCUT2D eigenvalue weighted by atomic mass is 10.1. The summed E-state index contributed by atoms with van der Waals surface area (Å²) in [6.07, 6.45) is 1.69. The molecule has 0 bridgehead atoms. The molecule has 0 atom stereocenters. The molecule has 3 rings (SSSR count). The standard InChI is InChI=1S/C24H29N3O4/c1-2-3-17-31-24(30)20-11-7-8-12-21(20)25-22(28)23(29)27-15-13-26(14-16-27)18-19-9-5-4-6-10-19/h4-12H,2-3,13-18H2,1H3,(H,25,28). The Labute approximate surface area is 183 Å². The summed E-state index contributed by atoms with van der Waals surface area (Å²) >= 11 is 0. The minimum absolute atomic E-state index is 0.243. The second-order valence-corrected chi connectivity index (χ2v) is 7.54. The first-order chi connectivity index (χ1) is 15.1. The molecule has 0 radical (unpaired) electrons. The number of amides is 2. The lowest BCUT2D eigenvalue weighted by Gasteiger charge is -2.34. The van der Waals surface area contributed by atoms with Crippen LogP contribution < -0.4 is 5.32 Å². The molecular formula is C24H29N3O4. The second-order valence-electron chi connectivity index (χ2n) is 7.54. The van der Waals surface area contributed by atoms with E-state index in [1.807, 2.05) is 25.1 Å². The predicted molar refractivity (Wildman–Crippen MR) is 119 cm³/mol. The topological polar surface area (TPSA) is 78.9 Å². The second kappa shape index (κ2) is 11.3. The van der Waals surface area contributed by atoms with E-state index in [0.717, 1.165) is 19.4 Å². The van der Waals surface area contributed by atoms with Gasteiger partial charge in [0.15, 0.2) is 0 Å². The lowest BCUT2D eigenvalue weighted by molar-refractivity contribution is -0.144. The molecule has 2 aromatic rings. The molecule has 7 nitrogen and oxygen atoms in total. The molecular weight excluding hydrogens is 394 g/mol. The van der Waals surface area contributed by atoms with E-state index in [1.165, 1.54) is 5.56 Å². The number of piperazine rings is 1. The summed E-state index contributed by atoms with van der Waals surface area (Å²) in [5.74, 6) is -1.84. The maximum Gasteiger partial charge on any atom is 0.340 e. The van der Waals surface area contributed by atoms with Gasteiger partial charge >= 0.3 is 17.8 Å². The van der Waals surface area contributed by atoms with Crippen molar-refractivity contribution in [3.05, 3.63) is 65.7 Å². The Morgan fingerprint density at radius 1 is 0.935 bits per heavy atom. The number of anilines is 1. The highest BCUT2D eigenvalue weighted by Crippen LogP contribution is 2.17. The first-order valence-corrected chi connectivity index (χ1v) is 10.7. The number of carbonyl (C=O) groups is 3. The van der Waals surface area contributed by atoms with Gasteiger partial charge in [-0.3, -0.25) is 14.5 Å². The van der Waals surface area contributed by atoms with E-state index in [-0.39, 0.29) is 11.3 Å². The molecule has 0 aliphatic carbocycles. The highest BCUT2D eigenvalue weighted by Gasteiger charge is 2.27. The molecule has 2 amide bonds. The number of carbonyl (C=O) groups excluding carboxylic acids is 3. The highest BCUT2D eigenvalue weighted by atomic mass is 16.5. The fourth-order valence-electron chi connectivity index (χ4n) is 3.43. The minimum Gasteiger partial charge on any atom is -0.462 e. The summed E-state index contributed by atoms with van der Waals surface area (Å²) in [6, 6.07) is 16.7. The van der Waals surface area contributed by atoms with Gasteiger partial charge in [-0.25, -0.2) is 4.79 Å². The number of esters is 1. The van der Waals surface area contributed by atoms with Gasteiger partial charge in [0.2, 0.25) is 0 Å². The number of nitrogens with zero attached hydrogens (tertiary/aromatic N) is 2. The number of hydrogen-bond donors (Lipinski definition) is 1. The van der Waals surface area contributed by atoms with Gasteiger partial charge in [-0.15, -0.1) is 0 Å². The summed E-state index contributed by atoms with van der Waals surface area (Å²) in [5, 5.41) is 2.59. The first kappa shape index (κ1) is 22.5. The molecule has 0 unspecified atom stereocenters. The largest absolute Gasteiger partial charge is 0.462 e. The van der Waals surface area contributed by atoms with E-state index in [1.54, 1.807) is 29.2 Å². The maximum atomic E-state index is 12.6. The third-order valence-electron chi connectivity index (χ3n) is 5.23.